The van der Waals surface area contributed by atoms with Crippen LogP contribution in [0.5, 0.6) is 0 Å². The number of nitro groups is 1. The van der Waals surface area contributed by atoms with E-state index in [9.17, 15) is 14.9 Å². The predicted octanol–water partition coefficient (Wildman–Crippen LogP) is 4.36. The Bertz CT molecular complexity index is 1180. The van der Waals surface area contributed by atoms with Gasteiger partial charge in [0.2, 0.25) is 5.89 Å². The molecular weight excluding hydrogens is 360 g/mol. The van der Waals surface area contributed by atoms with Crippen LogP contribution < -0.4 is 5.32 Å². The van der Waals surface area contributed by atoms with Gasteiger partial charge < -0.3 is 9.73 Å². The molecule has 28 heavy (non-hydrogen) atoms. The third-order valence-electron chi connectivity index (χ3n) is 4.23. The van der Waals surface area contributed by atoms with Crippen molar-refractivity contribution < 1.29 is 14.1 Å². The van der Waals surface area contributed by atoms with E-state index in [1.165, 1.54) is 18.2 Å². The molecule has 2 aromatic heterocycles. The summed E-state index contributed by atoms with van der Waals surface area (Å²) in [6.45, 7) is 1.82. The van der Waals surface area contributed by atoms with E-state index in [0.29, 0.717) is 22.8 Å². The summed E-state index contributed by atoms with van der Waals surface area (Å²) in [6, 6.07) is 14.7. The second-order valence-corrected chi connectivity index (χ2v) is 6.10. The third kappa shape index (κ3) is 3.18. The molecule has 0 saturated carbocycles. The van der Waals surface area contributed by atoms with Crippen LogP contribution in [0.15, 0.2) is 65.2 Å². The summed E-state index contributed by atoms with van der Waals surface area (Å²) < 4.78 is 5.71. The van der Waals surface area contributed by atoms with E-state index in [2.05, 4.69) is 15.3 Å². The van der Waals surface area contributed by atoms with E-state index < -0.39 is 10.8 Å². The summed E-state index contributed by atoms with van der Waals surface area (Å²) >= 11 is 0. The second-order valence-electron chi connectivity index (χ2n) is 6.10. The molecule has 138 valence electrons. The van der Waals surface area contributed by atoms with E-state index in [1.54, 1.807) is 36.5 Å². The quantitative estimate of drug-likeness (QED) is 0.420. The predicted molar refractivity (Wildman–Crippen MR) is 103 cm³/mol. The largest absolute Gasteiger partial charge is 0.434 e. The van der Waals surface area contributed by atoms with E-state index in [-0.39, 0.29) is 11.3 Å². The molecule has 1 N–H and O–H groups in total. The van der Waals surface area contributed by atoms with Gasteiger partial charge in [-0.15, -0.1) is 0 Å². The SMILES string of the molecule is Cc1cc(-c2nc3ncccc3o2)ccc1NC(=O)c1ccccc1[N+](=O)[O-]. The lowest BCUT2D eigenvalue weighted by Gasteiger charge is -2.09. The molecule has 2 aromatic carbocycles. The van der Waals surface area contributed by atoms with Gasteiger partial charge in [0.25, 0.3) is 11.6 Å². The smallest absolute Gasteiger partial charge is 0.282 e. The average Bonchev–Trinajstić information content (AvgIpc) is 3.13. The summed E-state index contributed by atoms with van der Waals surface area (Å²) in [5.74, 6) is -0.123. The number of anilines is 1. The molecule has 0 radical (unpaired) electrons. The van der Waals surface area contributed by atoms with Gasteiger partial charge >= 0.3 is 0 Å². The van der Waals surface area contributed by atoms with Gasteiger partial charge in [0.05, 0.1) is 4.92 Å². The van der Waals surface area contributed by atoms with Crippen molar-refractivity contribution in [2.75, 3.05) is 5.32 Å². The Morgan fingerprint density at radius 1 is 1.14 bits per heavy atom. The lowest BCUT2D eigenvalue weighted by atomic mass is 10.1. The van der Waals surface area contributed by atoms with Gasteiger partial charge in [0.15, 0.2) is 11.2 Å². The number of para-hydroxylation sites is 1. The fraction of sp³-hybridized carbons (Fsp3) is 0.0500. The van der Waals surface area contributed by atoms with Crippen molar-refractivity contribution in [3.63, 3.8) is 0 Å². The molecule has 0 saturated heterocycles. The first-order chi connectivity index (χ1) is 13.5. The topological polar surface area (TPSA) is 111 Å². The van der Waals surface area contributed by atoms with Crippen LogP contribution in [0, 0.1) is 17.0 Å². The summed E-state index contributed by atoms with van der Waals surface area (Å²) in [5, 5.41) is 13.8. The number of oxazole rings is 1. The maximum absolute atomic E-state index is 12.5. The van der Waals surface area contributed by atoms with Crippen LogP contribution in [0.3, 0.4) is 0 Å². The molecule has 1 amide bonds. The molecule has 0 fully saturated rings. The van der Waals surface area contributed by atoms with Crippen molar-refractivity contribution in [3.05, 3.63) is 82.0 Å². The normalized spacial score (nSPS) is 10.8. The van der Waals surface area contributed by atoms with Crippen molar-refractivity contribution >= 4 is 28.5 Å². The number of amides is 1. The number of carbonyl (C=O) groups is 1. The molecule has 0 aliphatic carbocycles. The highest BCUT2D eigenvalue weighted by Gasteiger charge is 2.20. The number of hydrogen-bond acceptors (Lipinski definition) is 6. The maximum Gasteiger partial charge on any atom is 0.282 e. The minimum atomic E-state index is -0.577. The summed E-state index contributed by atoms with van der Waals surface area (Å²) in [7, 11) is 0. The molecule has 0 aliphatic heterocycles. The first-order valence-corrected chi connectivity index (χ1v) is 8.40. The Morgan fingerprint density at radius 3 is 2.71 bits per heavy atom. The Morgan fingerprint density at radius 2 is 1.96 bits per heavy atom. The molecule has 4 rings (SSSR count). The first kappa shape index (κ1) is 17.3. The molecule has 0 bridgehead atoms. The number of nitro benzene ring substituents is 1. The Hall–Kier alpha value is -4.07. The molecule has 0 aliphatic rings. The Kier molecular flexibility index (Phi) is 4.29. The fourth-order valence-electron chi connectivity index (χ4n) is 2.84. The second kappa shape index (κ2) is 6.92. The minimum Gasteiger partial charge on any atom is -0.434 e. The van der Waals surface area contributed by atoms with Gasteiger partial charge in [-0.1, -0.05) is 12.1 Å². The zero-order valence-electron chi connectivity index (χ0n) is 14.7. The lowest BCUT2D eigenvalue weighted by Crippen LogP contribution is -2.14. The van der Waals surface area contributed by atoms with E-state index in [0.717, 1.165) is 11.1 Å². The third-order valence-corrected chi connectivity index (χ3v) is 4.23. The van der Waals surface area contributed by atoms with Crippen molar-refractivity contribution in [2.45, 2.75) is 6.92 Å². The number of nitrogens with one attached hydrogen (secondary N) is 1. The van der Waals surface area contributed by atoms with Crippen LogP contribution in [0.2, 0.25) is 0 Å². The zero-order chi connectivity index (χ0) is 19.7. The number of pyridine rings is 1. The van der Waals surface area contributed by atoms with E-state index in [1.807, 2.05) is 13.0 Å². The van der Waals surface area contributed by atoms with Crippen LogP contribution in [-0.4, -0.2) is 20.8 Å². The van der Waals surface area contributed by atoms with Crippen molar-refractivity contribution in [1.29, 1.82) is 0 Å². The molecule has 0 atom stereocenters. The fourth-order valence-corrected chi connectivity index (χ4v) is 2.84. The number of hydrogen-bond donors (Lipinski definition) is 1. The number of rotatable bonds is 4. The standard InChI is InChI=1S/C20H14N4O4/c1-12-11-13(20-23-18-17(28-20)7-4-10-21-18)8-9-15(12)22-19(25)14-5-2-3-6-16(14)24(26)27/h2-11H,1H3,(H,22,25). The molecule has 8 heteroatoms. The Balaban J connectivity index is 1.62. The van der Waals surface area contributed by atoms with Crippen molar-refractivity contribution in [1.82, 2.24) is 9.97 Å². The summed E-state index contributed by atoms with van der Waals surface area (Å²) in [4.78, 5) is 31.6. The highest BCUT2D eigenvalue weighted by atomic mass is 16.6. The van der Waals surface area contributed by atoms with Crippen LogP contribution in [0.1, 0.15) is 15.9 Å². The van der Waals surface area contributed by atoms with Crippen LogP contribution in [0.25, 0.3) is 22.7 Å². The van der Waals surface area contributed by atoms with Gasteiger partial charge in [0, 0.05) is 23.5 Å². The van der Waals surface area contributed by atoms with Gasteiger partial charge in [-0.3, -0.25) is 14.9 Å². The first-order valence-electron chi connectivity index (χ1n) is 8.40. The number of aromatic nitrogens is 2. The van der Waals surface area contributed by atoms with E-state index in [4.69, 9.17) is 4.42 Å². The zero-order valence-corrected chi connectivity index (χ0v) is 14.7. The lowest BCUT2D eigenvalue weighted by molar-refractivity contribution is -0.385. The summed E-state index contributed by atoms with van der Waals surface area (Å²) in [6.07, 6.45) is 1.64. The maximum atomic E-state index is 12.5. The molecule has 0 spiro atoms. The van der Waals surface area contributed by atoms with Crippen LogP contribution >= 0.6 is 0 Å². The van der Waals surface area contributed by atoms with Gasteiger partial charge in [-0.25, -0.2) is 4.98 Å². The molecule has 4 aromatic rings. The van der Waals surface area contributed by atoms with Crippen LogP contribution in [0.4, 0.5) is 11.4 Å². The van der Waals surface area contributed by atoms with Crippen LogP contribution in [-0.2, 0) is 0 Å². The molecule has 0 unspecified atom stereocenters. The molecule has 8 nitrogen and oxygen atoms in total. The average molecular weight is 374 g/mol. The summed E-state index contributed by atoms with van der Waals surface area (Å²) in [5.41, 5.74) is 2.90. The number of aryl methyl sites for hydroxylation is 1. The van der Waals surface area contributed by atoms with E-state index >= 15 is 0 Å². The van der Waals surface area contributed by atoms with Gasteiger partial charge in [0.1, 0.15) is 5.56 Å². The number of benzene rings is 2. The van der Waals surface area contributed by atoms with Crippen molar-refractivity contribution in [3.8, 4) is 11.5 Å². The number of carbonyl (C=O) groups excluding carboxylic acids is 1. The highest BCUT2D eigenvalue weighted by molar-refractivity contribution is 6.07. The minimum absolute atomic E-state index is 0.000928. The molecule has 2 heterocycles. The number of nitrogens with zero attached hydrogens (tertiary/aromatic N) is 3. The number of fused-ring (bicyclic) bond motifs is 1. The van der Waals surface area contributed by atoms with Crippen molar-refractivity contribution in [2.24, 2.45) is 0 Å². The monoisotopic (exact) mass is 374 g/mol. The Labute approximate surface area is 159 Å². The highest BCUT2D eigenvalue weighted by Crippen LogP contribution is 2.27. The molecular formula is C20H14N4O4. The van der Waals surface area contributed by atoms with Gasteiger partial charge in [-0.2, -0.15) is 4.98 Å². The van der Waals surface area contributed by atoms with Gasteiger partial charge in [-0.05, 0) is 48.9 Å².